The molecule has 1 atom stereocenters. The van der Waals surface area contributed by atoms with Gasteiger partial charge in [0.1, 0.15) is 0 Å². The highest BCUT2D eigenvalue weighted by Gasteiger charge is 2.15. The quantitative estimate of drug-likeness (QED) is 0.758. The van der Waals surface area contributed by atoms with Crippen molar-refractivity contribution in [2.45, 2.75) is 25.9 Å². The maximum atomic E-state index is 11.2. The molecule has 1 unspecified atom stereocenters. The summed E-state index contributed by atoms with van der Waals surface area (Å²) in [6, 6.07) is 7.85. The monoisotopic (exact) mass is 255 g/mol. The van der Waals surface area contributed by atoms with Crippen LogP contribution in [0.5, 0.6) is 0 Å². The minimum absolute atomic E-state index is 0.124. The lowest BCUT2D eigenvalue weighted by Crippen LogP contribution is -2.31. The van der Waals surface area contributed by atoms with Gasteiger partial charge in [0, 0.05) is 17.6 Å². The predicted molar refractivity (Wildman–Crippen MR) is 69.0 cm³/mol. The minimum Gasteiger partial charge on any atom is -0.469 e. The van der Waals surface area contributed by atoms with Gasteiger partial charge in [-0.25, -0.2) is 0 Å². The summed E-state index contributed by atoms with van der Waals surface area (Å²) in [5.41, 5.74) is 1.06. The summed E-state index contributed by atoms with van der Waals surface area (Å²) in [4.78, 5) is 13.3. The number of nitrogens with zero attached hydrogens (tertiary/aromatic N) is 1. The molecule has 0 radical (unpaired) electrons. The molecule has 4 heteroatoms. The van der Waals surface area contributed by atoms with Crippen molar-refractivity contribution < 1.29 is 9.53 Å². The summed E-state index contributed by atoms with van der Waals surface area (Å²) >= 11 is 6.09. The summed E-state index contributed by atoms with van der Waals surface area (Å²) in [7, 11) is 3.38. The Morgan fingerprint density at radius 3 is 2.71 bits per heavy atom. The molecule has 0 aromatic heterocycles. The van der Waals surface area contributed by atoms with Gasteiger partial charge in [-0.15, -0.1) is 0 Å². The summed E-state index contributed by atoms with van der Waals surface area (Å²) in [6.45, 7) is 2.71. The van der Waals surface area contributed by atoms with Gasteiger partial charge in [0.05, 0.1) is 13.5 Å². The maximum Gasteiger partial charge on any atom is 0.307 e. The van der Waals surface area contributed by atoms with Crippen molar-refractivity contribution in [1.29, 1.82) is 0 Å². The van der Waals surface area contributed by atoms with Crippen LogP contribution in [0, 0.1) is 0 Å². The molecule has 0 aliphatic carbocycles. The number of esters is 1. The van der Waals surface area contributed by atoms with E-state index in [0.29, 0.717) is 6.42 Å². The Bertz CT molecular complexity index is 381. The zero-order valence-corrected chi connectivity index (χ0v) is 11.2. The molecule has 1 aromatic rings. The first-order chi connectivity index (χ1) is 8.04. The molecule has 0 aliphatic heterocycles. The molecule has 0 N–H and O–H groups in total. The molecule has 0 saturated carbocycles. The Morgan fingerprint density at radius 1 is 1.47 bits per heavy atom. The molecule has 0 fully saturated rings. The van der Waals surface area contributed by atoms with Gasteiger partial charge in [-0.1, -0.05) is 29.8 Å². The van der Waals surface area contributed by atoms with Gasteiger partial charge < -0.3 is 4.74 Å². The fraction of sp³-hybridized carbons (Fsp3) is 0.462. The van der Waals surface area contributed by atoms with E-state index >= 15 is 0 Å². The van der Waals surface area contributed by atoms with Crippen molar-refractivity contribution in [3.05, 3.63) is 34.9 Å². The summed E-state index contributed by atoms with van der Waals surface area (Å²) in [5, 5.41) is 0.754. The van der Waals surface area contributed by atoms with Crippen LogP contribution in [0.25, 0.3) is 0 Å². The number of carbonyl (C=O) groups is 1. The van der Waals surface area contributed by atoms with Gasteiger partial charge in [-0.05, 0) is 25.6 Å². The lowest BCUT2D eigenvalue weighted by molar-refractivity contribution is -0.141. The SMILES string of the molecule is COC(=O)CC(C)N(C)Cc1ccccc1Cl. The number of carbonyl (C=O) groups excluding carboxylic acids is 1. The van der Waals surface area contributed by atoms with Gasteiger partial charge in [-0.2, -0.15) is 0 Å². The molecule has 0 saturated heterocycles. The first-order valence-electron chi connectivity index (χ1n) is 5.55. The van der Waals surface area contributed by atoms with E-state index in [0.717, 1.165) is 17.1 Å². The molecule has 0 amide bonds. The Balaban J connectivity index is 2.57. The smallest absolute Gasteiger partial charge is 0.307 e. The second kappa shape index (κ2) is 6.62. The van der Waals surface area contributed by atoms with Crippen molar-refractivity contribution >= 4 is 17.6 Å². The van der Waals surface area contributed by atoms with Crippen LogP contribution in [0.4, 0.5) is 0 Å². The van der Waals surface area contributed by atoms with E-state index in [-0.39, 0.29) is 12.0 Å². The highest BCUT2D eigenvalue weighted by atomic mass is 35.5. The van der Waals surface area contributed by atoms with Gasteiger partial charge in [0.25, 0.3) is 0 Å². The van der Waals surface area contributed by atoms with E-state index in [1.54, 1.807) is 0 Å². The molecule has 0 aliphatic rings. The third kappa shape index (κ3) is 4.36. The van der Waals surface area contributed by atoms with E-state index in [2.05, 4.69) is 9.64 Å². The van der Waals surface area contributed by atoms with E-state index in [1.165, 1.54) is 7.11 Å². The van der Waals surface area contributed by atoms with Gasteiger partial charge in [0.15, 0.2) is 0 Å². The average molecular weight is 256 g/mol. The number of halogens is 1. The standard InChI is InChI=1S/C13H18ClNO2/c1-10(8-13(16)17-3)15(2)9-11-6-4-5-7-12(11)14/h4-7,10H,8-9H2,1-3H3. The molecule has 17 heavy (non-hydrogen) atoms. The molecular formula is C13H18ClNO2. The third-order valence-electron chi connectivity index (χ3n) is 2.82. The second-order valence-electron chi connectivity index (χ2n) is 4.14. The van der Waals surface area contributed by atoms with Crippen LogP contribution in [0.1, 0.15) is 18.9 Å². The number of rotatable bonds is 5. The van der Waals surface area contributed by atoms with Crippen LogP contribution < -0.4 is 0 Å². The third-order valence-corrected chi connectivity index (χ3v) is 3.19. The van der Waals surface area contributed by atoms with Crippen molar-refractivity contribution in [2.24, 2.45) is 0 Å². The first kappa shape index (κ1) is 14.0. The highest BCUT2D eigenvalue weighted by molar-refractivity contribution is 6.31. The molecule has 3 nitrogen and oxygen atoms in total. The molecule has 0 spiro atoms. The summed E-state index contributed by atoms with van der Waals surface area (Å²) in [5.74, 6) is -0.191. The van der Waals surface area contributed by atoms with Crippen LogP contribution in [-0.2, 0) is 16.1 Å². The molecule has 94 valence electrons. The van der Waals surface area contributed by atoms with Crippen molar-refractivity contribution in [2.75, 3.05) is 14.2 Å². The average Bonchev–Trinajstić information content (AvgIpc) is 2.31. The molecule has 0 bridgehead atoms. The topological polar surface area (TPSA) is 29.5 Å². The Morgan fingerprint density at radius 2 is 2.12 bits per heavy atom. The van der Waals surface area contributed by atoms with E-state index in [4.69, 9.17) is 11.6 Å². The largest absolute Gasteiger partial charge is 0.469 e. The van der Waals surface area contributed by atoms with Crippen LogP contribution >= 0.6 is 11.6 Å². The van der Waals surface area contributed by atoms with Crippen molar-refractivity contribution in [3.63, 3.8) is 0 Å². The second-order valence-corrected chi connectivity index (χ2v) is 4.54. The number of ether oxygens (including phenoxy) is 1. The number of hydrogen-bond donors (Lipinski definition) is 0. The predicted octanol–water partition coefficient (Wildman–Crippen LogP) is 2.72. The van der Waals surface area contributed by atoms with Crippen molar-refractivity contribution in [3.8, 4) is 0 Å². The fourth-order valence-electron chi connectivity index (χ4n) is 1.53. The Hall–Kier alpha value is -1.06. The first-order valence-corrected chi connectivity index (χ1v) is 5.93. The van der Waals surface area contributed by atoms with Crippen LogP contribution in [0.3, 0.4) is 0 Å². The van der Waals surface area contributed by atoms with E-state index in [9.17, 15) is 4.79 Å². The summed E-state index contributed by atoms with van der Waals surface area (Å²) < 4.78 is 4.65. The highest BCUT2D eigenvalue weighted by Crippen LogP contribution is 2.17. The summed E-state index contributed by atoms with van der Waals surface area (Å²) in [6.07, 6.45) is 0.386. The maximum absolute atomic E-state index is 11.2. The fourth-order valence-corrected chi connectivity index (χ4v) is 1.73. The van der Waals surface area contributed by atoms with Crippen LogP contribution in [0.15, 0.2) is 24.3 Å². The van der Waals surface area contributed by atoms with Gasteiger partial charge in [0.2, 0.25) is 0 Å². The lowest BCUT2D eigenvalue weighted by Gasteiger charge is -2.24. The normalized spacial score (nSPS) is 12.5. The van der Waals surface area contributed by atoms with E-state index in [1.807, 2.05) is 38.2 Å². The zero-order valence-electron chi connectivity index (χ0n) is 10.4. The van der Waals surface area contributed by atoms with Crippen LogP contribution in [0.2, 0.25) is 5.02 Å². The lowest BCUT2D eigenvalue weighted by atomic mass is 10.1. The van der Waals surface area contributed by atoms with Crippen LogP contribution in [-0.4, -0.2) is 31.1 Å². The molecular weight excluding hydrogens is 238 g/mol. The van der Waals surface area contributed by atoms with E-state index < -0.39 is 0 Å². The molecule has 1 rings (SSSR count). The van der Waals surface area contributed by atoms with Gasteiger partial charge in [-0.3, -0.25) is 9.69 Å². The Labute approximate surface area is 107 Å². The number of benzene rings is 1. The Kier molecular flexibility index (Phi) is 5.45. The molecule has 0 heterocycles. The van der Waals surface area contributed by atoms with Gasteiger partial charge >= 0.3 is 5.97 Å². The zero-order chi connectivity index (χ0) is 12.8. The minimum atomic E-state index is -0.191. The van der Waals surface area contributed by atoms with Crippen molar-refractivity contribution in [1.82, 2.24) is 4.90 Å². The number of hydrogen-bond acceptors (Lipinski definition) is 3. The number of methoxy groups -OCH3 is 1. The molecule has 1 aromatic carbocycles.